The molecule has 0 radical (unpaired) electrons. The highest BCUT2D eigenvalue weighted by molar-refractivity contribution is 7.99. The molecule has 0 saturated carbocycles. The molecule has 0 aliphatic heterocycles. The minimum atomic E-state index is -0.276. The van der Waals surface area contributed by atoms with E-state index in [1.807, 2.05) is 81.2 Å². The average Bonchev–Trinajstić information content (AvgIpc) is 3.55. The molecule has 5 aromatic rings. The number of nitrogens with one attached hydrogen (secondary N) is 1. The maximum atomic E-state index is 12.4. The predicted molar refractivity (Wildman–Crippen MR) is 131 cm³/mol. The number of hydrazone groups is 1. The van der Waals surface area contributed by atoms with Gasteiger partial charge in [-0.2, -0.15) is 5.10 Å². The number of nitrogens with zero attached hydrogens (tertiary/aromatic N) is 6. The number of thiazole rings is 1. The summed E-state index contributed by atoms with van der Waals surface area (Å²) in [7, 11) is 0. The second-order valence-corrected chi connectivity index (χ2v) is 8.94. The first-order valence-electron chi connectivity index (χ1n) is 9.83. The van der Waals surface area contributed by atoms with Crippen LogP contribution in [0.15, 0.2) is 82.5 Å². The van der Waals surface area contributed by atoms with Crippen molar-refractivity contribution in [3.05, 3.63) is 83.1 Å². The third-order valence-electron chi connectivity index (χ3n) is 4.64. The Hall–Kier alpha value is -3.47. The number of halogens is 1. The van der Waals surface area contributed by atoms with Gasteiger partial charge in [-0.25, -0.2) is 10.4 Å². The molecular weight excluding hydrogens is 478 g/mol. The van der Waals surface area contributed by atoms with Crippen molar-refractivity contribution in [2.75, 3.05) is 5.75 Å². The molecule has 8 nitrogen and oxygen atoms in total. The summed E-state index contributed by atoms with van der Waals surface area (Å²) in [5.41, 5.74) is 4.99. The van der Waals surface area contributed by atoms with Crippen LogP contribution in [-0.2, 0) is 4.79 Å². The van der Waals surface area contributed by atoms with Gasteiger partial charge in [-0.15, -0.1) is 21.5 Å². The minimum absolute atomic E-state index is 0.116. The van der Waals surface area contributed by atoms with E-state index in [0.717, 1.165) is 16.2 Å². The molecule has 2 aromatic carbocycles. The Balaban J connectivity index is 1.31. The zero-order valence-corrected chi connectivity index (χ0v) is 19.4. The van der Waals surface area contributed by atoms with Crippen LogP contribution in [0.25, 0.3) is 22.0 Å². The number of thioether (sulfide) groups is 1. The molecule has 11 heteroatoms. The number of carbonyl (C=O) groups excluding carboxylic acids is 1. The lowest BCUT2D eigenvalue weighted by Gasteiger charge is -2.10. The van der Waals surface area contributed by atoms with Gasteiger partial charge in [-0.05, 0) is 12.1 Å². The van der Waals surface area contributed by atoms with E-state index in [9.17, 15) is 4.79 Å². The molecule has 0 bridgehead atoms. The van der Waals surface area contributed by atoms with Crippen LogP contribution in [0.2, 0.25) is 5.15 Å². The molecule has 164 valence electrons. The summed E-state index contributed by atoms with van der Waals surface area (Å²) in [6, 6.07) is 19.6. The second kappa shape index (κ2) is 9.57. The van der Waals surface area contributed by atoms with Gasteiger partial charge in [0.1, 0.15) is 5.69 Å². The standard InChI is InChI=1S/C22H16ClN7OS2/c23-19-17(29-11-12-32-21(29)25-19)13-24-26-18(31)14-33-22-28-27-20(15-7-3-1-4-8-15)30(22)16-9-5-2-6-10-16/h1-13H,14H2,(H,26,31)/b24-13+. The maximum Gasteiger partial charge on any atom is 0.250 e. The first-order valence-corrected chi connectivity index (χ1v) is 12.1. The number of fused-ring (bicyclic) bond motifs is 1. The zero-order valence-electron chi connectivity index (χ0n) is 17.0. The molecule has 1 N–H and O–H groups in total. The van der Waals surface area contributed by atoms with Gasteiger partial charge < -0.3 is 0 Å². The van der Waals surface area contributed by atoms with E-state index >= 15 is 0 Å². The number of para-hydroxylation sites is 1. The highest BCUT2D eigenvalue weighted by Crippen LogP contribution is 2.27. The van der Waals surface area contributed by atoms with Crippen molar-refractivity contribution in [3.8, 4) is 17.1 Å². The van der Waals surface area contributed by atoms with Crippen LogP contribution in [0.5, 0.6) is 0 Å². The van der Waals surface area contributed by atoms with Crippen molar-refractivity contribution in [1.82, 2.24) is 29.6 Å². The molecule has 1 amide bonds. The zero-order chi connectivity index (χ0) is 22.6. The van der Waals surface area contributed by atoms with Gasteiger partial charge in [0.05, 0.1) is 12.0 Å². The normalized spacial score (nSPS) is 11.4. The highest BCUT2D eigenvalue weighted by atomic mass is 35.5. The lowest BCUT2D eigenvalue weighted by molar-refractivity contribution is -0.118. The van der Waals surface area contributed by atoms with Crippen LogP contribution in [0.3, 0.4) is 0 Å². The molecule has 0 spiro atoms. The van der Waals surface area contributed by atoms with Crippen molar-refractivity contribution < 1.29 is 4.79 Å². The smallest absolute Gasteiger partial charge is 0.250 e. The Morgan fingerprint density at radius 3 is 2.67 bits per heavy atom. The Morgan fingerprint density at radius 1 is 1.12 bits per heavy atom. The molecular formula is C22H16ClN7OS2. The Bertz CT molecular complexity index is 1430. The molecule has 0 aliphatic carbocycles. The number of amides is 1. The lowest BCUT2D eigenvalue weighted by Crippen LogP contribution is -2.20. The molecule has 33 heavy (non-hydrogen) atoms. The number of imidazole rings is 1. The SMILES string of the molecule is O=C(CSc1nnc(-c2ccccc2)n1-c1ccccc1)N/N=C/c1c(Cl)nc2sccn12. The number of hydrogen-bond acceptors (Lipinski definition) is 7. The second-order valence-electron chi connectivity index (χ2n) is 6.77. The summed E-state index contributed by atoms with van der Waals surface area (Å²) in [5.74, 6) is 0.547. The number of aromatic nitrogens is 5. The molecule has 5 rings (SSSR count). The van der Waals surface area contributed by atoms with Gasteiger partial charge in [0, 0.05) is 22.8 Å². The third kappa shape index (κ3) is 4.54. The van der Waals surface area contributed by atoms with E-state index in [1.165, 1.54) is 29.3 Å². The number of hydrogen-bond donors (Lipinski definition) is 1. The van der Waals surface area contributed by atoms with E-state index in [1.54, 1.807) is 0 Å². The highest BCUT2D eigenvalue weighted by Gasteiger charge is 2.17. The van der Waals surface area contributed by atoms with Crippen molar-refractivity contribution in [2.24, 2.45) is 5.10 Å². The molecule has 0 unspecified atom stereocenters. The summed E-state index contributed by atoms with van der Waals surface area (Å²) >= 11 is 8.89. The topological polar surface area (TPSA) is 89.5 Å². The first-order chi connectivity index (χ1) is 16.2. The van der Waals surface area contributed by atoms with Gasteiger partial charge in [0.25, 0.3) is 5.91 Å². The Kier molecular flexibility index (Phi) is 6.20. The molecule has 0 aliphatic rings. The summed E-state index contributed by atoms with van der Waals surface area (Å²) in [6.45, 7) is 0. The van der Waals surface area contributed by atoms with Crippen LogP contribution < -0.4 is 5.43 Å². The van der Waals surface area contributed by atoms with Gasteiger partial charge in [-0.1, -0.05) is 71.9 Å². The van der Waals surface area contributed by atoms with E-state index in [4.69, 9.17) is 11.6 Å². The van der Waals surface area contributed by atoms with E-state index in [-0.39, 0.29) is 11.7 Å². The molecule has 0 atom stereocenters. The average molecular weight is 494 g/mol. The van der Waals surface area contributed by atoms with Crippen molar-refractivity contribution >= 4 is 51.8 Å². The van der Waals surface area contributed by atoms with Gasteiger partial charge in [-0.3, -0.25) is 13.8 Å². The van der Waals surface area contributed by atoms with Crippen molar-refractivity contribution in [3.63, 3.8) is 0 Å². The summed E-state index contributed by atoms with van der Waals surface area (Å²) in [5, 5.41) is 15.6. The van der Waals surface area contributed by atoms with Crippen LogP contribution >= 0.6 is 34.7 Å². The fraction of sp³-hybridized carbons (Fsp3) is 0.0455. The monoisotopic (exact) mass is 493 g/mol. The predicted octanol–water partition coefficient (Wildman–Crippen LogP) is 4.54. The van der Waals surface area contributed by atoms with Crippen LogP contribution in [-0.4, -0.2) is 42.0 Å². The number of benzene rings is 2. The fourth-order valence-electron chi connectivity index (χ4n) is 3.17. The number of carbonyl (C=O) groups is 1. The molecule has 3 heterocycles. The molecule has 0 fully saturated rings. The van der Waals surface area contributed by atoms with E-state index < -0.39 is 0 Å². The van der Waals surface area contributed by atoms with E-state index in [0.29, 0.717) is 21.8 Å². The summed E-state index contributed by atoms with van der Waals surface area (Å²) < 4.78 is 3.75. The van der Waals surface area contributed by atoms with E-state index in [2.05, 4.69) is 25.7 Å². The van der Waals surface area contributed by atoms with Gasteiger partial charge >= 0.3 is 0 Å². The summed E-state index contributed by atoms with van der Waals surface area (Å²) in [4.78, 5) is 17.4. The minimum Gasteiger partial charge on any atom is -0.288 e. The first kappa shape index (κ1) is 21.4. The van der Waals surface area contributed by atoms with Gasteiger partial charge in [0.2, 0.25) is 0 Å². The van der Waals surface area contributed by atoms with Gasteiger partial charge in [0.15, 0.2) is 21.1 Å². The lowest BCUT2D eigenvalue weighted by atomic mass is 10.2. The molecule has 0 saturated heterocycles. The third-order valence-corrected chi connectivity index (χ3v) is 6.61. The van der Waals surface area contributed by atoms with Crippen LogP contribution in [0.1, 0.15) is 5.69 Å². The number of rotatable bonds is 7. The fourth-order valence-corrected chi connectivity index (χ4v) is 4.90. The molecule has 3 aromatic heterocycles. The van der Waals surface area contributed by atoms with Crippen molar-refractivity contribution in [2.45, 2.75) is 5.16 Å². The quantitative estimate of drug-likeness (QED) is 0.204. The Labute approximate surface area is 202 Å². The van der Waals surface area contributed by atoms with Crippen molar-refractivity contribution in [1.29, 1.82) is 0 Å². The Morgan fingerprint density at radius 2 is 1.88 bits per heavy atom. The van der Waals surface area contributed by atoms with Crippen LogP contribution in [0, 0.1) is 0 Å². The largest absolute Gasteiger partial charge is 0.288 e. The maximum absolute atomic E-state index is 12.4. The van der Waals surface area contributed by atoms with Crippen LogP contribution in [0.4, 0.5) is 0 Å². The summed E-state index contributed by atoms with van der Waals surface area (Å²) in [6.07, 6.45) is 3.33.